The van der Waals surface area contributed by atoms with Gasteiger partial charge in [0.1, 0.15) is 12.1 Å². The van der Waals surface area contributed by atoms with Crippen molar-refractivity contribution < 1.29 is 4.79 Å². The van der Waals surface area contributed by atoms with Gasteiger partial charge in [-0.1, -0.05) is 30.3 Å². The van der Waals surface area contributed by atoms with Crippen molar-refractivity contribution in [2.45, 2.75) is 25.3 Å². The molecule has 3 aromatic rings. The molecule has 0 saturated carbocycles. The van der Waals surface area contributed by atoms with E-state index >= 15 is 0 Å². The molecule has 0 aliphatic carbocycles. The Bertz CT molecular complexity index is 909. The van der Waals surface area contributed by atoms with E-state index in [0.29, 0.717) is 6.54 Å². The second-order valence-corrected chi connectivity index (χ2v) is 6.76. The fourth-order valence-electron chi connectivity index (χ4n) is 3.62. The van der Waals surface area contributed by atoms with Gasteiger partial charge in [-0.3, -0.25) is 0 Å². The van der Waals surface area contributed by atoms with Gasteiger partial charge in [0.15, 0.2) is 0 Å². The number of aromatic nitrogens is 2. The second kappa shape index (κ2) is 8.03. The Morgan fingerprint density at radius 1 is 1.04 bits per heavy atom. The summed E-state index contributed by atoms with van der Waals surface area (Å²) in [5, 5.41) is 6.94. The van der Waals surface area contributed by atoms with Gasteiger partial charge in [0.2, 0.25) is 0 Å². The molecule has 6 nitrogen and oxygen atoms in total. The first-order valence-corrected chi connectivity index (χ1v) is 9.37. The number of anilines is 2. The van der Waals surface area contributed by atoms with Gasteiger partial charge in [0.25, 0.3) is 0 Å². The number of rotatable bonds is 4. The molecule has 2 aromatic carbocycles. The van der Waals surface area contributed by atoms with Crippen molar-refractivity contribution in [3.05, 3.63) is 60.9 Å². The summed E-state index contributed by atoms with van der Waals surface area (Å²) in [4.78, 5) is 23.5. The van der Waals surface area contributed by atoms with E-state index in [1.807, 2.05) is 48.5 Å². The fraction of sp³-hybridized carbons (Fsp3) is 0.286. The van der Waals surface area contributed by atoms with Crippen molar-refractivity contribution >= 4 is 28.4 Å². The summed E-state index contributed by atoms with van der Waals surface area (Å²) in [6, 6.07) is 17.6. The number of hydrogen-bond donors (Lipinski definition) is 2. The van der Waals surface area contributed by atoms with Gasteiger partial charge in [0.05, 0.1) is 5.52 Å². The van der Waals surface area contributed by atoms with Crippen molar-refractivity contribution in [2.75, 3.05) is 23.3 Å². The molecular weight excluding hydrogens is 338 g/mol. The van der Waals surface area contributed by atoms with Crippen LogP contribution in [0.3, 0.4) is 0 Å². The van der Waals surface area contributed by atoms with Gasteiger partial charge in [-0.15, -0.1) is 0 Å². The molecule has 1 fully saturated rings. The van der Waals surface area contributed by atoms with Crippen LogP contribution >= 0.6 is 0 Å². The molecule has 27 heavy (non-hydrogen) atoms. The van der Waals surface area contributed by atoms with Crippen LogP contribution in [0.1, 0.15) is 19.3 Å². The lowest BCUT2D eigenvalue weighted by Crippen LogP contribution is -2.48. The molecule has 6 heteroatoms. The lowest BCUT2D eigenvalue weighted by atomic mass is 10.0. The monoisotopic (exact) mass is 361 g/mol. The summed E-state index contributed by atoms with van der Waals surface area (Å²) in [7, 11) is 0. The van der Waals surface area contributed by atoms with Gasteiger partial charge in [0, 0.05) is 30.2 Å². The number of piperidine rings is 1. The molecular formula is C21H23N5O. The Morgan fingerprint density at radius 2 is 1.85 bits per heavy atom. The molecule has 2 amide bonds. The van der Waals surface area contributed by atoms with E-state index in [1.165, 1.54) is 0 Å². The highest BCUT2D eigenvalue weighted by Crippen LogP contribution is 2.28. The average molecular weight is 361 g/mol. The zero-order valence-electron chi connectivity index (χ0n) is 15.1. The molecule has 1 aromatic heterocycles. The molecule has 1 aliphatic rings. The lowest BCUT2D eigenvalue weighted by Gasteiger charge is -2.37. The van der Waals surface area contributed by atoms with E-state index in [1.54, 1.807) is 6.33 Å². The van der Waals surface area contributed by atoms with Crippen LogP contribution in [0.5, 0.6) is 0 Å². The topological polar surface area (TPSA) is 70.2 Å². The number of carbonyl (C=O) groups excluding carboxylic acids is 1. The Morgan fingerprint density at radius 3 is 2.74 bits per heavy atom. The molecule has 138 valence electrons. The van der Waals surface area contributed by atoms with E-state index in [4.69, 9.17) is 0 Å². The quantitative estimate of drug-likeness (QED) is 0.741. The number of benzene rings is 2. The van der Waals surface area contributed by atoms with Gasteiger partial charge in [-0.2, -0.15) is 0 Å². The van der Waals surface area contributed by atoms with Crippen molar-refractivity contribution in [3.63, 3.8) is 0 Å². The number of hydrogen-bond acceptors (Lipinski definition) is 4. The molecule has 2 heterocycles. The summed E-state index contributed by atoms with van der Waals surface area (Å²) >= 11 is 0. The minimum absolute atomic E-state index is 0.181. The van der Waals surface area contributed by atoms with Crippen LogP contribution in [0.25, 0.3) is 10.9 Å². The Hall–Kier alpha value is -3.15. The third-order valence-corrected chi connectivity index (χ3v) is 4.95. The Balaban J connectivity index is 1.47. The third-order valence-electron chi connectivity index (χ3n) is 4.95. The van der Waals surface area contributed by atoms with E-state index in [0.717, 1.165) is 48.2 Å². The van der Waals surface area contributed by atoms with E-state index in [2.05, 4.69) is 31.6 Å². The highest BCUT2D eigenvalue weighted by atomic mass is 16.2. The van der Waals surface area contributed by atoms with E-state index in [9.17, 15) is 4.79 Å². The molecule has 0 bridgehead atoms. The van der Waals surface area contributed by atoms with Crippen LogP contribution in [0.2, 0.25) is 0 Å². The summed E-state index contributed by atoms with van der Waals surface area (Å²) in [5.41, 5.74) is 1.74. The van der Waals surface area contributed by atoms with Crippen LogP contribution in [0.4, 0.5) is 16.3 Å². The first-order chi connectivity index (χ1) is 13.3. The predicted molar refractivity (Wildman–Crippen MR) is 108 cm³/mol. The number of amides is 2. The predicted octanol–water partition coefficient (Wildman–Crippen LogP) is 3.81. The maximum Gasteiger partial charge on any atom is 0.319 e. The highest BCUT2D eigenvalue weighted by Gasteiger charge is 2.25. The van der Waals surface area contributed by atoms with Crippen molar-refractivity contribution in [2.24, 2.45) is 0 Å². The molecule has 0 radical (unpaired) electrons. The summed E-state index contributed by atoms with van der Waals surface area (Å²) < 4.78 is 0. The molecule has 1 aliphatic heterocycles. The number of urea groups is 1. The lowest BCUT2D eigenvalue weighted by molar-refractivity contribution is 0.250. The smallest absolute Gasteiger partial charge is 0.319 e. The second-order valence-electron chi connectivity index (χ2n) is 6.76. The van der Waals surface area contributed by atoms with Gasteiger partial charge < -0.3 is 15.5 Å². The van der Waals surface area contributed by atoms with Crippen LogP contribution < -0.4 is 15.5 Å². The summed E-state index contributed by atoms with van der Waals surface area (Å²) in [6.07, 6.45) is 4.94. The average Bonchev–Trinajstić information content (AvgIpc) is 2.73. The third kappa shape index (κ3) is 4.00. The Kier molecular flexibility index (Phi) is 5.14. The van der Waals surface area contributed by atoms with Crippen LogP contribution in [0, 0.1) is 0 Å². The van der Waals surface area contributed by atoms with Crippen LogP contribution in [-0.2, 0) is 0 Å². The summed E-state index contributed by atoms with van der Waals surface area (Å²) in [6.45, 7) is 1.52. The SMILES string of the molecule is O=C(NCC1CCCCN1c1ncnc2ccccc12)Nc1ccccc1. The maximum absolute atomic E-state index is 12.2. The summed E-state index contributed by atoms with van der Waals surface area (Å²) in [5.74, 6) is 0.954. The minimum Gasteiger partial charge on any atom is -0.351 e. The molecule has 1 atom stereocenters. The minimum atomic E-state index is -0.181. The number of nitrogens with one attached hydrogen (secondary N) is 2. The fourth-order valence-corrected chi connectivity index (χ4v) is 3.62. The maximum atomic E-state index is 12.2. The number of fused-ring (bicyclic) bond motifs is 1. The molecule has 2 N–H and O–H groups in total. The van der Waals surface area contributed by atoms with Gasteiger partial charge in [-0.25, -0.2) is 14.8 Å². The number of nitrogens with zero attached hydrogens (tertiary/aromatic N) is 3. The number of carbonyl (C=O) groups is 1. The van der Waals surface area contributed by atoms with Crippen molar-refractivity contribution in [1.82, 2.24) is 15.3 Å². The highest BCUT2D eigenvalue weighted by molar-refractivity contribution is 5.90. The van der Waals surface area contributed by atoms with Crippen LogP contribution in [-0.4, -0.2) is 35.1 Å². The molecule has 0 spiro atoms. The standard InChI is InChI=1S/C21H23N5O/c27-21(25-16-8-2-1-3-9-16)22-14-17-10-6-7-13-26(17)20-18-11-4-5-12-19(18)23-15-24-20/h1-5,8-9,11-12,15,17H,6-7,10,13-14H2,(H2,22,25,27). The van der Waals surface area contributed by atoms with Gasteiger partial charge in [-0.05, 0) is 43.5 Å². The Labute approximate surface area is 158 Å². The first-order valence-electron chi connectivity index (χ1n) is 9.37. The number of para-hydroxylation sites is 2. The van der Waals surface area contributed by atoms with Crippen molar-refractivity contribution in [3.8, 4) is 0 Å². The zero-order valence-corrected chi connectivity index (χ0v) is 15.1. The zero-order chi connectivity index (χ0) is 18.5. The molecule has 4 rings (SSSR count). The molecule has 1 unspecified atom stereocenters. The normalized spacial score (nSPS) is 16.9. The van der Waals surface area contributed by atoms with Crippen LogP contribution in [0.15, 0.2) is 60.9 Å². The van der Waals surface area contributed by atoms with Crippen molar-refractivity contribution in [1.29, 1.82) is 0 Å². The van der Waals surface area contributed by atoms with E-state index in [-0.39, 0.29) is 12.1 Å². The molecule has 1 saturated heterocycles. The largest absolute Gasteiger partial charge is 0.351 e. The first kappa shape index (κ1) is 17.3. The van der Waals surface area contributed by atoms with Gasteiger partial charge >= 0.3 is 6.03 Å². The van der Waals surface area contributed by atoms with E-state index < -0.39 is 0 Å².